The molecule has 0 aliphatic heterocycles. The lowest BCUT2D eigenvalue weighted by molar-refractivity contribution is 0.0928. The molecule has 7 heteroatoms. The van der Waals surface area contributed by atoms with Crippen molar-refractivity contribution >= 4 is 28.7 Å². The van der Waals surface area contributed by atoms with E-state index >= 15 is 0 Å². The quantitative estimate of drug-likeness (QED) is 0.566. The van der Waals surface area contributed by atoms with Gasteiger partial charge in [0.25, 0.3) is 5.91 Å². The number of hydrogen-bond donors (Lipinski definition) is 3. The number of nitrogens with one attached hydrogen (secondary N) is 3. The first-order chi connectivity index (χ1) is 13.3. The summed E-state index contributed by atoms with van der Waals surface area (Å²) in [4.78, 5) is 21.1. The monoisotopic (exact) mass is 383 g/mol. The van der Waals surface area contributed by atoms with E-state index in [1.165, 1.54) is 6.42 Å². The Morgan fingerprint density at radius 3 is 2.96 bits per heavy atom. The standard InChI is InChI=1S/C20H25N5OS/c1-27-12-11-17(19-21-15-9-5-6-10-16(15)22-19)23-20(26)18-13-7-3-2-4-8-14(13)24-25-18/h5-6,9-10,17H,2-4,7-8,11-12H2,1H3,(H,21,22)(H,23,26)(H,24,25). The molecule has 3 N–H and O–H groups in total. The van der Waals surface area contributed by atoms with Crippen molar-refractivity contribution in [3.8, 4) is 0 Å². The van der Waals surface area contributed by atoms with Crippen molar-refractivity contribution < 1.29 is 4.79 Å². The van der Waals surface area contributed by atoms with Crippen LogP contribution in [0.4, 0.5) is 0 Å². The van der Waals surface area contributed by atoms with Crippen LogP contribution >= 0.6 is 11.8 Å². The highest BCUT2D eigenvalue weighted by Gasteiger charge is 2.24. The fourth-order valence-electron chi connectivity index (χ4n) is 3.72. The second kappa shape index (κ2) is 8.17. The van der Waals surface area contributed by atoms with Crippen LogP contribution in [0.2, 0.25) is 0 Å². The Balaban J connectivity index is 1.58. The summed E-state index contributed by atoms with van der Waals surface area (Å²) in [6.45, 7) is 0. The molecule has 3 aromatic rings. The maximum Gasteiger partial charge on any atom is 0.272 e. The summed E-state index contributed by atoms with van der Waals surface area (Å²) >= 11 is 1.77. The predicted octanol–water partition coefficient (Wildman–Crippen LogP) is 3.78. The zero-order chi connectivity index (χ0) is 18.6. The molecule has 6 nitrogen and oxygen atoms in total. The van der Waals surface area contributed by atoms with Gasteiger partial charge in [0, 0.05) is 11.3 Å². The van der Waals surface area contributed by atoms with Gasteiger partial charge in [-0.05, 0) is 56.2 Å². The molecule has 4 rings (SSSR count). The van der Waals surface area contributed by atoms with Crippen molar-refractivity contribution in [3.05, 3.63) is 47.0 Å². The Morgan fingerprint density at radius 1 is 1.26 bits per heavy atom. The molecule has 2 aromatic heterocycles. The summed E-state index contributed by atoms with van der Waals surface area (Å²) in [5.41, 5.74) is 4.69. The van der Waals surface area contributed by atoms with Gasteiger partial charge in [-0.15, -0.1) is 0 Å². The number of amides is 1. The second-order valence-electron chi connectivity index (χ2n) is 7.04. The number of para-hydroxylation sites is 2. The zero-order valence-corrected chi connectivity index (χ0v) is 16.4. The number of aromatic nitrogens is 4. The van der Waals surface area contributed by atoms with E-state index in [4.69, 9.17) is 4.98 Å². The summed E-state index contributed by atoms with van der Waals surface area (Å²) in [6, 6.07) is 7.79. The summed E-state index contributed by atoms with van der Waals surface area (Å²) in [6.07, 6.45) is 8.28. The minimum Gasteiger partial charge on any atom is -0.341 e. The Hall–Kier alpha value is -2.28. The zero-order valence-electron chi connectivity index (χ0n) is 15.5. The number of thioether (sulfide) groups is 1. The largest absolute Gasteiger partial charge is 0.341 e. The molecular formula is C20H25N5OS. The van der Waals surface area contributed by atoms with Crippen molar-refractivity contribution in [1.82, 2.24) is 25.5 Å². The second-order valence-corrected chi connectivity index (χ2v) is 8.02. The molecule has 1 aliphatic carbocycles. The van der Waals surface area contributed by atoms with Crippen LogP contribution in [0.1, 0.15) is 59.3 Å². The van der Waals surface area contributed by atoms with E-state index < -0.39 is 0 Å². The molecule has 2 heterocycles. The van der Waals surface area contributed by atoms with Gasteiger partial charge in [-0.1, -0.05) is 18.6 Å². The van der Waals surface area contributed by atoms with Crippen LogP contribution in [-0.4, -0.2) is 38.1 Å². The maximum atomic E-state index is 13.0. The number of hydrogen-bond acceptors (Lipinski definition) is 4. The number of fused-ring (bicyclic) bond motifs is 2. The van der Waals surface area contributed by atoms with Crippen LogP contribution in [0.3, 0.4) is 0 Å². The molecule has 0 saturated heterocycles. The van der Waals surface area contributed by atoms with Crippen molar-refractivity contribution in [1.29, 1.82) is 0 Å². The third-order valence-corrected chi connectivity index (χ3v) is 5.82. The number of aryl methyl sites for hydroxylation is 1. The van der Waals surface area contributed by atoms with Crippen molar-refractivity contribution in [3.63, 3.8) is 0 Å². The maximum absolute atomic E-state index is 13.0. The lowest BCUT2D eigenvalue weighted by Gasteiger charge is -2.16. The van der Waals surface area contributed by atoms with Gasteiger partial charge in [0.15, 0.2) is 5.69 Å². The van der Waals surface area contributed by atoms with E-state index in [1.807, 2.05) is 24.3 Å². The highest BCUT2D eigenvalue weighted by molar-refractivity contribution is 7.98. The number of carbonyl (C=O) groups is 1. The lowest BCUT2D eigenvalue weighted by atomic mass is 10.1. The molecule has 0 fully saturated rings. The summed E-state index contributed by atoms with van der Waals surface area (Å²) in [5, 5.41) is 10.6. The van der Waals surface area contributed by atoms with Gasteiger partial charge in [0.2, 0.25) is 0 Å². The molecule has 0 saturated carbocycles. The van der Waals surface area contributed by atoms with Crippen LogP contribution in [-0.2, 0) is 12.8 Å². The smallest absolute Gasteiger partial charge is 0.272 e. The molecule has 142 valence electrons. The molecule has 0 bridgehead atoms. The highest BCUT2D eigenvalue weighted by atomic mass is 32.2. The van der Waals surface area contributed by atoms with Crippen molar-refractivity contribution in [2.45, 2.75) is 44.6 Å². The van der Waals surface area contributed by atoms with E-state index in [1.54, 1.807) is 11.8 Å². The number of aromatic amines is 2. The van der Waals surface area contributed by atoms with Gasteiger partial charge < -0.3 is 10.3 Å². The molecule has 1 amide bonds. The van der Waals surface area contributed by atoms with Crippen LogP contribution in [0, 0.1) is 0 Å². The molecule has 0 radical (unpaired) electrons. The number of nitrogens with zero attached hydrogens (tertiary/aromatic N) is 2. The SMILES string of the molecule is CSCCC(NC(=O)c1n[nH]c2c1CCCCC2)c1nc2ccccc2[nH]1. The third kappa shape index (κ3) is 3.88. The first-order valence-corrected chi connectivity index (χ1v) is 11.0. The molecule has 1 atom stereocenters. The van der Waals surface area contributed by atoms with Gasteiger partial charge in [-0.3, -0.25) is 9.89 Å². The number of carbonyl (C=O) groups excluding carboxylic acids is 1. The summed E-state index contributed by atoms with van der Waals surface area (Å²) < 4.78 is 0. The molecule has 1 aromatic carbocycles. The van der Waals surface area contributed by atoms with Crippen molar-refractivity contribution in [2.24, 2.45) is 0 Å². The Kier molecular flexibility index (Phi) is 5.48. The van der Waals surface area contributed by atoms with Gasteiger partial charge in [-0.25, -0.2) is 4.98 Å². The van der Waals surface area contributed by atoms with Crippen LogP contribution in [0.5, 0.6) is 0 Å². The van der Waals surface area contributed by atoms with Crippen LogP contribution in [0.15, 0.2) is 24.3 Å². The summed E-state index contributed by atoms with van der Waals surface area (Å²) in [5.74, 6) is 1.64. The fourth-order valence-corrected chi connectivity index (χ4v) is 4.19. The molecule has 0 spiro atoms. The van der Waals surface area contributed by atoms with Gasteiger partial charge in [0.1, 0.15) is 5.82 Å². The average Bonchev–Trinajstić information content (AvgIpc) is 3.22. The van der Waals surface area contributed by atoms with E-state index in [-0.39, 0.29) is 11.9 Å². The van der Waals surface area contributed by atoms with Gasteiger partial charge in [-0.2, -0.15) is 16.9 Å². The van der Waals surface area contributed by atoms with E-state index in [0.29, 0.717) is 5.69 Å². The predicted molar refractivity (Wildman–Crippen MR) is 109 cm³/mol. The minimum absolute atomic E-state index is 0.110. The fraction of sp³-hybridized carbons (Fsp3) is 0.450. The number of benzene rings is 1. The highest BCUT2D eigenvalue weighted by Crippen LogP contribution is 2.24. The number of H-pyrrole nitrogens is 2. The normalized spacial score (nSPS) is 15.3. The summed E-state index contributed by atoms with van der Waals surface area (Å²) in [7, 11) is 0. The molecular weight excluding hydrogens is 358 g/mol. The third-order valence-electron chi connectivity index (χ3n) is 5.18. The Morgan fingerprint density at radius 2 is 2.11 bits per heavy atom. The van der Waals surface area contributed by atoms with E-state index in [2.05, 4.69) is 26.8 Å². The van der Waals surface area contributed by atoms with E-state index in [9.17, 15) is 4.79 Å². The first-order valence-electron chi connectivity index (χ1n) is 9.57. The van der Waals surface area contributed by atoms with Gasteiger partial charge >= 0.3 is 0 Å². The Bertz CT molecular complexity index is 898. The molecule has 27 heavy (non-hydrogen) atoms. The minimum atomic E-state index is -0.157. The average molecular weight is 384 g/mol. The van der Waals surface area contributed by atoms with Gasteiger partial charge in [0.05, 0.1) is 17.1 Å². The lowest BCUT2D eigenvalue weighted by Crippen LogP contribution is -2.30. The van der Waals surface area contributed by atoms with Crippen LogP contribution < -0.4 is 5.32 Å². The molecule has 1 unspecified atom stereocenters. The Labute approximate surface area is 162 Å². The number of rotatable bonds is 6. The molecule has 1 aliphatic rings. The number of imidazole rings is 1. The first kappa shape index (κ1) is 18.1. The van der Waals surface area contributed by atoms with Crippen molar-refractivity contribution in [2.75, 3.05) is 12.0 Å². The topological polar surface area (TPSA) is 86.5 Å². The van der Waals surface area contributed by atoms with E-state index in [0.717, 1.165) is 66.0 Å². The van der Waals surface area contributed by atoms with Crippen LogP contribution in [0.25, 0.3) is 11.0 Å².